The maximum absolute atomic E-state index is 2.64. The van der Waals surface area contributed by atoms with E-state index in [1.165, 1.54) is 132 Å². The molecule has 1 saturated carbocycles. The van der Waals surface area contributed by atoms with Crippen LogP contribution in [0.25, 0.3) is 93.6 Å². The van der Waals surface area contributed by atoms with Gasteiger partial charge >= 0.3 is 0 Å². The Morgan fingerprint density at radius 2 is 0.836 bits per heavy atom. The molecule has 3 heteroatoms. The van der Waals surface area contributed by atoms with E-state index in [-0.39, 0.29) is 0 Å². The van der Waals surface area contributed by atoms with Crippen LogP contribution in [0, 0.1) is 5.92 Å². The van der Waals surface area contributed by atoms with Crippen LogP contribution in [0.2, 0.25) is 0 Å². The summed E-state index contributed by atoms with van der Waals surface area (Å²) in [7, 11) is 0. The van der Waals surface area contributed by atoms with Crippen LogP contribution in [0.15, 0.2) is 176 Å². The van der Waals surface area contributed by atoms with Crippen LogP contribution in [-0.2, 0) is 0 Å². The Labute approximate surface area is 356 Å². The number of benzene rings is 8. The van der Waals surface area contributed by atoms with E-state index in [9.17, 15) is 0 Å². The van der Waals surface area contributed by atoms with E-state index in [1.54, 1.807) is 11.1 Å². The molecule has 3 aromatic heterocycles. The van der Waals surface area contributed by atoms with Crippen molar-refractivity contribution in [2.24, 2.45) is 5.92 Å². The van der Waals surface area contributed by atoms with Crippen LogP contribution in [-0.4, -0.2) is 13.7 Å². The summed E-state index contributed by atoms with van der Waals surface area (Å²) in [5, 5.41) is 7.76. The molecule has 61 heavy (non-hydrogen) atoms. The predicted octanol–water partition coefficient (Wildman–Crippen LogP) is 15.8. The highest BCUT2D eigenvalue weighted by molar-refractivity contribution is 6.19. The first-order valence-corrected chi connectivity index (χ1v) is 22.5. The number of fused-ring (bicyclic) bond motifs is 13. The third-order valence-corrected chi connectivity index (χ3v) is 14.7. The first kappa shape index (κ1) is 35.0. The van der Waals surface area contributed by atoms with Crippen LogP contribution >= 0.6 is 0 Å². The summed E-state index contributed by atoms with van der Waals surface area (Å²) < 4.78 is 7.43. The monoisotopic (exact) mass is 785 g/mol. The summed E-state index contributed by atoms with van der Waals surface area (Å²) in [5.74, 6) is 2.12. The van der Waals surface area contributed by atoms with Crippen molar-refractivity contribution in [3.63, 3.8) is 0 Å². The molecule has 2 aliphatic carbocycles. The molecule has 11 aromatic rings. The predicted molar refractivity (Wildman–Crippen MR) is 257 cm³/mol. The lowest BCUT2D eigenvalue weighted by Crippen LogP contribution is -2.04. The number of hydrogen-bond acceptors (Lipinski definition) is 0. The quantitative estimate of drug-likeness (QED) is 0.169. The van der Waals surface area contributed by atoms with E-state index in [4.69, 9.17) is 0 Å². The summed E-state index contributed by atoms with van der Waals surface area (Å²) in [5.41, 5.74) is 16.7. The Kier molecular flexibility index (Phi) is 7.79. The summed E-state index contributed by atoms with van der Waals surface area (Å²) in [6, 6.07) is 66.0. The number of nitrogens with zero attached hydrogens (tertiary/aromatic N) is 3. The summed E-state index contributed by atoms with van der Waals surface area (Å²) in [6.07, 6.45) is 8.08. The molecule has 0 radical (unpaired) electrons. The molecular formula is C58H47N3. The van der Waals surface area contributed by atoms with Gasteiger partial charge in [-0.2, -0.15) is 0 Å². The van der Waals surface area contributed by atoms with E-state index in [1.807, 2.05) is 0 Å². The normalized spacial score (nSPS) is 18.0. The lowest BCUT2D eigenvalue weighted by atomic mass is 9.85. The number of aromatic nitrogens is 3. The summed E-state index contributed by atoms with van der Waals surface area (Å²) in [4.78, 5) is 0. The van der Waals surface area contributed by atoms with Gasteiger partial charge in [-0.25, -0.2) is 0 Å². The summed E-state index contributed by atoms with van der Waals surface area (Å²) in [6.45, 7) is 2.48. The van der Waals surface area contributed by atoms with Crippen molar-refractivity contribution in [3.8, 4) is 28.2 Å². The van der Waals surface area contributed by atoms with Crippen LogP contribution in [0.3, 0.4) is 0 Å². The van der Waals surface area contributed by atoms with Gasteiger partial charge in [0.25, 0.3) is 0 Å². The Morgan fingerprint density at radius 1 is 0.361 bits per heavy atom. The van der Waals surface area contributed by atoms with Crippen molar-refractivity contribution < 1.29 is 0 Å². The van der Waals surface area contributed by atoms with Gasteiger partial charge in [-0.3, -0.25) is 0 Å². The highest BCUT2D eigenvalue weighted by Crippen LogP contribution is 2.48. The maximum Gasteiger partial charge on any atom is 0.0548 e. The van der Waals surface area contributed by atoms with E-state index in [0.717, 1.165) is 5.92 Å². The van der Waals surface area contributed by atoms with Gasteiger partial charge in [0, 0.05) is 49.4 Å². The minimum Gasteiger partial charge on any atom is -0.309 e. The molecule has 3 nitrogen and oxygen atoms in total. The average molecular weight is 786 g/mol. The second-order valence-electron chi connectivity index (χ2n) is 18.1. The molecule has 0 aliphatic heterocycles. The molecule has 294 valence electrons. The van der Waals surface area contributed by atoms with Crippen LogP contribution in [0.5, 0.6) is 0 Å². The van der Waals surface area contributed by atoms with Crippen molar-refractivity contribution in [2.75, 3.05) is 0 Å². The molecule has 3 atom stereocenters. The smallest absolute Gasteiger partial charge is 0.0548 e. The fourth-order valence-corrected chi connectivity index (χ4v) is 11.8. The Morgan fingerprint density at radius 3 is 1.43 bits per heavy atom. The topological polar surface area (TPSA) is 14.8 Å². The molecular weight excluding hydrogens is 739 g/mol. The lowest BCUT2D eigenvalue weighted by Gasteiger charge is -2.21. The molecule has 3 unspecified atom stereocenters. The molecule has 2 bridgehead atoms. The number of rotatable bonds is 4. The van der Waals surface area contributed by atoms with Gasteiger partial charge in [-0.05, 0) is 157 Å². The molecule has 3 heterocycles. The minimum absolute atomic E-state index is 0.566. The van der Waals surface area contributed by atoms with Gasteiger partial charge in [0.15, 0.2) is 0 Å². The van der Waals surface area contributed by atoms with E-state index < -0.39 is 0 Å². The first-order valence-electron chi connectivity index (χ1n) is 22.5. The molecule has 1 fully saturated rings. The SMILES string of the molecule is CC1CCCC2CCC(C2)c2cc3c4cc(-c5ccc6c(c5)c5cc7c(cc5n6-c5ccccc5)c5ccccc5n7-c5ccccc5)ccc4n(-c4ccccc4)c3cc21. The highest BCUT2D eigenvalue weighted by atomic mass is 15.0. The third-order valence-electron chi connectivity index (χ3n) is 14.7. The highest BCUT2D eigenvalue weighted by Gasteiger charge is 2.31. The summed E-state index contributed by atoms with van der Waals surface area (Å²) >= 11 is 0. The molecule has 13 rings (SSSR count). The van der Waals surface area contributed by atoms with Crippen molar-refractivity contribution in [1.82, 2.24) is 13.7 Å². The van der Waals surface area contributed by atoms with E-state index >= 15 is 0 Å². The van der Waals surface area contributed by atoms with Crippen LogP contribution < -0.4 is 0 Å². The second-order valence-corrected chi connectivity index (χ2v) is 18.1. The van der Waals surface area contributed by atoms with Crippen molar-refractivity contribution in [1.29, 1.82) is 0 Å². The Balaban J connectivity index is 1.06. The average Bonchev–Trinajstić information content (AvgIpc) is 4.08. The molecule has 0 amide bonds. The first-order chi connectivity index (χ1) is 30.2. The minimum atomic E-state index is 0.566. The van der Waals surface area contributed by atoms with Crippen LogP contribution in [0.1, 0.15) is 68.4 Å². The zero-order valence-corrected chi connectivity index (χ0v) is 34.6. The van der Waals surface area contributed by atoms with E-state index in [0.29, 0.717) is 11.8 Å². The largest absolute Gasteiger partial charge is 0.309 e. The lowest BCUT2D eigenvalue weighted by molar-refractivity contribution is 0.462. The fourth-order valence-electron chi connectivity index (χ4n) is 11.8. The van der Waals surface area contributed by atoms with Crippen molar-refractivity contribution in [2.45, 2.75) is 57.3 Å². The van der Waals surface area contributed by atoms with Gasteiger partial charge in [0.2, 0.25) is 0 Å². The van der Waals surface area contributed by atoms with Crippen molar-refractivity contribution >= 4 is 65.4 Å². The van der Waals surface area contributed by atoms with Crippen molar-refractivity contribution in [3.05, 3.63) is 187 Å². The number of para-hydroxylation sites is 4. The van der Waals surface area contributed by atoms with E-state index in [2.05, 4.69) is 197 Å². The molecule has 0 saturated heterocycles. The second kappa shape index (κ2) is 13.6. The zero-order chi connectivity index (χ0) is 40.2. The van der Waals surface area contributed by atoms with Gasteiger partial charge in [-0.1, -0.05) is 105 Å². The van der Waals surface area contributed by atoms with Gasteiger partial charge in [0.05, 0.1) is 33.1 Å². The molecule has 0 spiro atoms. The standard InChI is InChI=1S/C58H47N3/c1-37-14-13-15-38-24-25-41(30-38)47-33-50-48-31-39(26-28-54(48)60(56(50)34-46(37)47)43-18-7-3-8-19-43)40-27-29-55-49(32-40)52-36-57-51(35-58(52)61(55)44-20-9-4-10-21-44)45-22-11-12-23-53(45)59(57)42-16-5-2-6-17-42/h2-12,16-23,26-29,31-38,41H,13-15,24-25,30H2,1H3. The maximum atomic E-state index is 2.64. The molecule has 0 N–H and O–H groups in total. The Bertz CT molecular complexity index is 3490. The van der Waals surface area contributed by atoms with Gasteiger partial charge < -0.3 is 13.7 Å². The Hall–Kier alpha value is -6.84. The fraction of sp³-hybridized carbons (Fsp3) is 0.172. The molecule has 8 aromatic carbocycles. The van der Waals surface area contributed by atoms with Gasteiger partial charge in [0.1, 0.15) is 0 Å². The van der Waals surface area contributed by atoms with Crippen LogP contribution in [0.4, 0.5) is 0 Å². The third kappa shape index (κ3) is 5.36. The molecule has 2 aliphatic rings. The zero-order valence-electron chi connectivity index (χ0n) is 34.6. The van der Waals surface area contributed by atoms with Gasteiger partial charge in [-0.15, -0.1) is 0 Å². The number of hydrogen-bond donors (Lipinski definition) is 0.